The van der Waals surface area contributed by atoms with Gasteiger partial charge in [-0.15, -0.1) is 0 Å². The summed E-state index contributed by atoms with van der Waals surface area (Å²) in [5.74, 6) is -1.44. The maximum absolute atomic E-state index is 12.2. The minimum Gasteiger partial charge on any atom is -0.493 e. The van der Waals surface area contributed by atoms with E-state index in [4.69, 9.17) is 21.1 Å². The summed E-state index contributed by atoms with van der Waals surface area (Å²) in [5, 5.41) is 9.41. The van der Waals surface area contributed by atoms with Crippen molar-refractivity contribution in [2.24, 2.45) is 5.10 Å². The van der Waals surface area contributed by atoms with Crippen LogP contribution in [-0.4, -0.2) is 37.7 Å². The van der Waals surface area contributed by atoms with Crippen molar-refractivity contribution in [3.05, 3.63) is 79.3 Å². The lowest BCUT2D eigenvalue weighted by molar-refractivity contribution is -0.136. The smallest absolute Gasteiger partial charge is 0.329 e. The molecule has 0 heterocycles. The lowest BCUT2D eigenvalue weighted by Crippen LogP contribution is -2.32. The van der Waals surface area contributed by atoms with E-state index >= 15 is 0 Å². The molecule has 0 saturated heterocycles. The summed E-state index contributed by atoms with van der Waals surface area (Å²) in [4.78, 5) is 36.3. The summed E-state index contributed by atoms with van der Waals surface area (Å²) in [6.07, 6.45) is 1.35. The highest BCUT2D eigenvalue weighted by Gasteiger charge is 2.15. The zero-order valence-corrected chi connectivity index (χ0v) is 23.2. The van der Waals surface area contributed by atoms with Gasteiger partial charge >= 0.3 is 11.8 Å². The Labute approximate surface area is 233 Å². The Morgan fingerprint density at radius 2 is 1.78 bits per heavy atom. The fourth-order valence-electron chi connectivity index (χ4n) is 2.79. The zero-order chi connectivity index (χ0) is 26.1. The first-order valence-corrected chi connectivity index (χ1v) is 12.5. The van der Waals surface area contributed by atoms with E-state index in [1.807, 2.05) is 34.7 Å². The lowest BCUT2D eigenvalue weighted by Gasteiger charge is -2.13. The maximum Gasteiger partial charge on any atom is 0.329 e. The fourth-order valence-corrected chi connectivity index (χ4v) is 4.03. The maximum atomic E-state index is 12.2. The number of nitrogens with one attached hydrogen (secondary N) is 3. The topological polar surface area (TPSA) is 118 Å². The van der Waals surface area contributed by atoms with Gasteiger partial charge in [0, 0.05) is 20.9 Å². The number of methoxy groups -OCH3 is 1. The van der Waals surface area contributed by atoms with E-state index in [2.05, 4.69) is 37.1 Å². The number of amides is 3. The van der Waals surface area contributed by atoms with Crippen molar-refractivity contribution in [1.29, 1.82) is 0 Å². The van der Waals surface area contributed by atoms with Crippen molar-refractivity contribution in [1.82, 2.24) is 5.43 Å². The molecule has 12 heteroatoms. The first-order chi connectivity index (χ1) is 17.2. The average molecular weight is 686 g/mol. The van der Waals surface area contributed by atoms with E-state index in [-0.39, 0.29) is 12.5 Å². The predicted molar refractivity (Wildman–Crippen MR) is 150 cm³/mol. The molecule has 0 spiro atoms. The number of anilines is 2. The molecule has 186 valence electrons. The average Bonchev–Trinajstić information content (AvgIpc) is 2.84. The first kappa shape index (κ1) is 27.4. The van der Waals surface area contributed by atoms with E-state index in [0.717, 1.165) is 4.47 Å². The Balaban J connectivity index is 1.57. The Kier molecular flexibility index (Phi) is 10.1. The molecule has 0 aliphatic rings. The highest BCUT2D eigenvalue weighted by atomic mass is 127. The molecule has 0 fully saturated rings. The van der Waals surface area contributed by atoms with Crippen molar-refractivity contribution in [3.8, 4) is 11.5 Å². The van der Waals surface area contributed by atoms with E-state index in [9.17, 15) is 14.4 Å². The third-order valence-electron chi connectivity index (χ3n) is 4.40. The monoisotopic (exact) mass is 684 g/mol. The second-order valence-electron chi connectivity index (χ2n) is 7.04. The van der Waals surface area contributed by atoms with Crippen LogP contribution < -0.4 is 25.5 Å². The molecule has 3 aromatic carbocycles. The largest absolute Gasteiger partial charge is 0.493 e. The summed E-state index contributed by atoms with van der Waals surface area (Å²) in [6, 6.07) is 16.9. The van der Waals surface area contributed by atoms with Gasteiger partial charge in [0.15, 0.2) is 18.1 Å². The molecule has 3 amide bonds. The molecule has 3 N–H and O–H groups in total. The number of halogens is 3. The van der Waals surface area contributed by atoms with Gasteiger partial charge in [0.2, 0.25) is 0 Å². The van der Waals surface area contributed by atoms with Gasteiger partial charge in [-0.05, 0) is 82.8 Å². The van der Waals surface area contributed by atoms with Crippen LogP contribution in [0.15, 0.2) is 70.2 Å². The van der Waals surface area contributed by atoms with Crippen molar-refractivity contribution < 1.29 is 23.9 Å². The van der Waals surface area contributed by atoms with Crippen molar-refractivity contribution in [3.63, 3.8) is 0 Å². The number of benzene rings is 3. The Morgan fingerprint density at radius 3 is 2.47 bits per heavy atom. The van der Waals surface area contributed by atoms with Crippen LogP contribution in [0.5, 0.6) is 11.5 Å². The fraction of sp³-hybridized carbons (Fsp3) is 0.0833. The molecule has 0 unspecified atom stereocenters. The number of hydrogen-bond acceptors (Lipinski definition) is 6. The van der Waals surface area contributed by atoms with Crippen LogP contribution in [0.3, 0.4) is 0 Å². The van der Waals surface area contributed by atoms with E-state index in [1.165, 1.54) is 19.4 Å². The molecular formula is C24H19BrClIN4O5. The summed E-state index contributed by atoms with van der Waals surface area (Å²) in [6.45, 7) is -0.229. The van der Waals surface area contributed by atoms with Crippen molar-refractivity contribution in [2.45, 2.75) is 0 Å². The van der Waals surface area contributed by atoms with Gasteiger partial charge in [0.05, 0.1) is 16.9 Å². The predicted octanol–water partition coefficient (Wildman–Crippen LogP) is 4.82. The van der Waals surface area contributed by atoms with E-state index < -0.39 is 11.8 Å². The Morgan fingerprint density at radius 1 is 1.03 bits per heavy atom. The molecule has 3 rings (SSSR count). The number of carbonyl (C=O) groups is 3. The molecule has 0 bridgehead atoms. The number of nitrogens with zero attached hydrogens (tertiary/aromatic N) is 1. The molecule has 0 atom stereocenters. The highest BCUT2D eigenvalue weighted by Crippen LogP contribution is 2.33. The first-order valence-electron chi connectivity index (χ1n) is 10.2. The summed E-state index contributed by atoms with van der Waals surface area (Å²) in [5.41, 5.74) is 3.75. The lowest BCUT2D eigenvalue weighted by atomic mass is 10.2. The SMILES string of the molecule is COc1cc(/C=N\NC(=O)C(=O)Nc2cccc(Cl)c2)cc(I)c1OCC(=O)Nc1ccc(Br)cc1. The molecule has 36 heavy (non-hydrogen) atoms. The molecule has 0 radical (unpaired) electrons. The van der Waals surface area contributed by atoms with E-state index in [1.54, 1.807) is 42.5 Å². The number of ether oxygens (including phenoxy) is 2. The van der Waals surface area contributed by atoms with Crippen molar-refractivity contribution >= 4 is 85.4 Å². The van der Waals surface area contributed by atoms with Crippen LogP contribution in [0.4, 0.5) is 11.4 Å². The van der Waals surface area contributed by atoms with Gasteiger partial charge in [-0.2, -0.15) is 5.10 Å². The second kappa shape index (κ2) is 13.2. The quantitative estimate of drug-likeness (QED) is 0.136. The normalized spacial score (nSPS) is 10.6. The highest BCUT2D eigenvalue weighted by molar-refractivity contribution is 14.1. The number of hydrazone groups is 1. The number of rotatable bonds is 8. The van der Waals surface area contributed by atoms with Gasteiger partial charge in [0.25, 0.3) is 5.91 Å². The van der Waals surface area contributed by atoms with Crippen LogP contribution in [0, 0.1) is 3.57 Å². The van der Waals surface area contributed by atoms with Crippen LogP contribution in [0.25, 0.3) is 0 Å². The Bertz CT molecular complexity index is 1300. The molecule has 9 nitrogen and oxygen atoms in total. The summed E-state index contributed by atoms with van der Waals surface area (Å²) >= 11 is 11.2. The molecule has 0 saturated carbocycles. The summed E-state index contributed by atoms with van der Waals surface area (Å²) < 4.78 is 12.6. The van der Waals surface area contributed by atoms with Crippen LogP contribution >= 0.6 is 50.1 Å². The van der Waals surface area contributed by atoms with Crippen molar-refractivity contribution in [2.75, 3.05) is 24.4 Å². The van der Waals surface area contributed by atoms with Gasteiger partial charge in [0.1, 0.15) is 0 Å². The van der Waals surface area contributed by atoms with Crippen LogP contribution in [-0.2, 0) is 14.4 Å². The molecule has 0 aliphatic heterocycles. The Hall–Kier alpha value is -3.16. The van der Waals surface area contributed by atoms with Crippen LogP contribution in [0.1, 0.15) is 5.56 Å². The number of hydrogen-bond donors (Lipinski definition) is 3. The standard InChI is InChI=1S/C24H19BrClIN4O5/c1-35-20-10-14(12-28-31-24(34)23(33)30-18-4-2-3-16(26)11-18)9-19(27)22(20)36-13-21(32)29-17-7-5-15(25)6-8-17/h2-12H,13H2,1H3,(H,29,32)(H,30,33)(H,31,34)/b28-12-. The van der Waals surface area contributed by atoms with Gasteiger partial charge in [-0.25, -0.2) is 5.43 Å². The zero-order valence-electron chi connectivity index (χ0n) is 18.7. The third kappa shape index (κ3) is 8.21. The summed E-state index contributed by atoms with van der Waals surface area (Å²) in [7, 11) is 1.46. The molecular weight excluding hydrogens is 667 g/mol. The molecule has 0 aromatic heterocycles. The minimum atomic E-state index is -0.954. The molecule has 0 aliphatic carbocycles. The van der Waals surface area contributed by atoms with E-state index in [0.29, 0.717) is 37.0 Å². The van der Waals surface area contributed by atoms with Gasteiger partial charge < -0.3 is 20.1 Å². The molecule has 3 aromatic rings. The van der Waals surface area contributed by atoms with Gasteiger partial charge in [-0.1, -0.05) is 33.6 Å². The number of carbonyl (C=O) groups excluding carboxylic acids is 3. The third-order valence-corrected chi connectivity index (χ3v) is 5.96. The van der Waals surface area contributed by atoms with Crippen LogP contribution in [0.2, 0.25) is 5.02 Å². The second-order valence-corrected chi connectivity index (χ2v) is 9.56. The van der Waals surface area contributed by atoms with Gasteiger partial charge in [-0.3, -0.25) is 14.4 Å². The minimum absolute atomic E-state index is 0.229.